The summed E-state index contributed by atoms with van der Waals surface area (Å²) in [6, 6.07) is 0. The lowest BCUT2D eigenvalue weighted by Crippen LogP contribution is -2.51. The molecule has 1 aliphatic rings. The molecule has 0 aromatic carbocycles. The quantitative estimate of drug-likeness (QED) is 0.383. The van der Waals surface area contributed by atoms with Gasteiger partial charge >= 0.3 is 0 Å². The van der Waals surface area contributed by atoms with E-state index < -0.39 is 0 Å². The van der Waals surface area contributed by atoms with Crippen molar-refractivity contribution in [3.63, 3.8) is 0 Å². The van der Waals surface area contributed by atoms with Gasteiger partial charge in [0.05, 0.1) is 13.1 Å². The zero-order valence-corrected chi connectivity index (χ0v) is 18.4. The van der Waals surface area contributed by atoms with E-state index in [9.17, 15) is 0 Å². The Balaban J connectivity index is 0.00000312. The summed E-state index contributed by atoms with van der Waals surface area (Å²) >= 11 is 0. The average molecular weight is 465 g/mol. The zero-order chi connectivity index (χ0) is 17.6. The van der Waals surface area contributed by atoms with Gasteiger partial charge in [-0.25, -0.2) is 4.98 Å². The molecule has 1 saturated heterocycles. The van der Waals surface area contributed by atoms with Crippen molar-refractivity contribution in [2.75, 3.05) is 47.4 Å². The molecular weight excluding hydrogens is 433 g/mol. The molecule has 144 valence electrons. The van der Waals surface area contributed by atoms with Crippen molar-refractivity contribution in [3.05, 3.63) is 12.2 Å². The van der Waals surface area contributed by atoms with Crippen molar-refractivity contribution in [2.45, 2.75) is 31.8 Å². The number of nitrogens with one attached hydrogen (secondary N) is 1. The van der Waals surface area contributed by atoms with Crippen LogP contribution in [0.5, 0.6) is 0 Å². The molecule has 0 atom stereocenters. The number of rotatable bonds is 6. The van der Waals surface area contributed by atoms with Crippen LogP contribution in [0, 0.1) is 0 Å². The van der Waals surface area contributed by atoms with Gasteiger partial charge in [0.25, 0.3) is 0 Å². The van der Waals surface area contributed by atoms with E-state index in [1.165, 1.54) is 0 Å². The predicted octanol–water partition coefficient (Wildman–Crippen LogP) is 0.941. The highest BCUT2D eigenvalue weighted by atomic mass is 127. The Morgan fingerprint density at radius 2 is 2.04 bits per heavy atom. The maximum absolute atomic E-state index is 5.54. The van der Waals surface area contributed by atoms with E-state index in [4.69, 9.17) is 9.73 Å². The third kappa shape index (κ3) is 5.78. The lowest BCUT2D eigenvalue weighted by Gasteiger charge is -2.42. The van der Waals surface area contributed by atoms with E-state index in [0.717, 1.165) is 50.9 Å². The average Bonchev–Trinajstić information content (AvgIpc) is 2.97. The molecule has 0 bridgehead atoms. The fourth-order valence-electron chi connectivity index (χ4n) is 2.94. The number of guanidine groups is 1. The number of hydrogen-bond acceptors (Lipinski definition) is 5. The Labute approximate surface area is 168 Å². The molecule has 1 aliphatic heterocycles. The van der Waals surface area contributed by atoms with E-state index in [2.05, 4.69) is 46.2 Å². The van der Waals surface area contributed by atoms with Crippen LogP contribution in [0.4, 0.5) is 0 Å². The zero-order valence-electron chi connectivity index (χ0n) is 16.0. The van der Waals surface area contributed by atoms with Crippen molar-refractivity contribution in [1.82, 2.24) is 29.9 Å². The number of aryl methyl sites for hydroxylation is 1. The van der Waals surface area contributed by atoms with Gasteiger partial charge in [-0.3, -0.25) is 9.67 Å². The number of likely N-dealkylation sites (N-methyl/N-ethyl adjacent to an activating group) is 1. The van der Waals surface area contributed by atoms with Gasteiger partial charge in [-0.15, -0.1) is 24.0 Å². The summed E-state index contributed by atoms with van der Waals surface area (Å²) in [4.78, 5) is 13.6. The largest absolute Gasteiger partial charge is 0.381 e. The smallest absolute Gasteiger partial charge is 0.194 e. The number of hydrogen-bond donors (Lipinski definition) is 1. The highest BCUT2D eigenvalue weighted by Crippen LogP contribution is 2.26. The monoisotopic (exact) mass is 465 g/mol. The van der Waals surface area contributed by atoms with Crippen molar-refractivity contribution < 1.29 is 4.74 Å². The van der Waals surface area contributed by atoms with Gasteiger partial charge in [-0.2, -0.15) is 5.10 Å². The summed E-state index contributed by atoms with van der Waals surface area (Å²) in [6.45, 7) is 5.95. The van der Waals surface area contributed by atoms with Crippen molar-refractivity contribution in [2.24, 2.45) is 12.0 Å². The highest BCUT2D eigenvalue weighted by Gasteiger charge is 2.34. The molecule has 0 amide bonds. The fraction of sp³-hybridized carbons (Fsp3) is 0.812. The Bertz CT molecular complexity index is 540. The summed E-state index contributed by atoms with van der Waals surface area (Å²) in [5.74, 6) is 1.81. The van der Waals surface area contributed by atoms with Gasteiger partial charge in [0.1, 0.15) is 12.2 Å². The first-order valence-corrected chi connectivity index (χ1v) is 8.56. The van der Waals surface area contributed by atoms with Gasteiger partial charge in [-0.05, 0) is 33.9 Å². The van der Waals surface area contributed by atoms with Crippen molar-refractivity contribution in [3.8, 4) is 0 Å². The first-order chi connectivity index (χ1) is 11.5. The van der Waals surface area contributed by atoms with Gasteiger partial charge in [0, 0.05) is 39.4 Å². The molecule has 0 radical (unpaired) electrons. The number of aliphatic imine (C=N–C) groups is 1. The topological polar surface area (TPSA) is 70.8 Å². The standard InChI is InChI=1S/C16H31N7O.HI/c1-6-17-15(22(4)11-14-19-13-20-23(14)5)18-12-16(21(2)3)7-9-24-10-8-16;/h13H,6-12H2,1-5H3,(H,17,18);1H. The number of ether oxygens (including phenoxy) is 1. The van der Waals surface area contributed by atoms with Gasteiger partial charge in [0.2, 0.25) is 0 Å². The van der Waals surface area contributed by atoms with Crippen LogP contribution in [0.1, 0.15) is 25.6 Å². The summed E-state index contributed by atoms with van der Waals surface area (Å²) in [5, 5.41) is 7.51. The van der Waals surface area contributed by atoms with E-state index >= 15 is 0 Å². The maximum atomic E-state index is 5.54. The molecule has 0 spiro atoms. The fourth-order valence-corrected chi connectivity index (χ4v) is 2.94. The van der Waals surface area contributed by atoms with Crippen LogP contribution in [-0.4, -0.2) is 83.5 Å². The van der Waals surface area contributed by atoms with Crippen LogP contribution in [-0.2, 0) is 18.3 Å². The summed E-state index contributed by atoms with van der Waals surface area (Å²) in [5.41, 5.74) is 0.0739. The molecule has 0 aliphatic carbocycles. The Kier molecular flexibility index (Phi) is 9.08. The van der Waals surface area contributed by atoms with Crippen LogP contribution in [0.3, 0.4) is 0 Å². The molecule has 2 heterocycles. The normalized spacial score (nSPS) is 17.3. The molecule has 0 unspecified atom stereocenters. The molecule has 0 saturated carbocycles. The van der Waals surface area contributed by atoms with E-state index in [1.54, 1.807) is 11.0 Å². The lowest BCUT2D eigenvalue weighted by molar-refractivity contribution is -0.00263. The second-order valence-electron chi connectivity index (χ2n) is 6.56. The number of nitrogens with zero attached hydrogens (tertiary/aromatic N) is 6. The summed E-state index contributed by atoms with van der Waals surface area (Å²) in [7, 11) is 8.21. The molecule has 8 nitrogen and oxygen atoms in total. The Morgan fingerprint density at radius 3 is 2.56 bits per heavy atom. The van der Waals surface area contributed by atoms with Gasteiger partial charge < -0.3 is 19.9 Å². The van der Waals surface area contributed by atoms with Crippen LogP contribution in [0.25, 0.3) is 0 Å². The van der Waals surface area contributed by atoms with Gasteiger partial charge in [0.15, 0.2) is 5.96 Å². The minimum atomic E-state index is 0. The second kappa shape index (κ2) is 10.3. The minimum absolute atomic E-state index is 0. The molecule has 25 heavy (non-hydrogen) atoms. The van der Waals surface area contributed by atoms with Crippen molar-refractivity contribution >= 4 is 29.9 Å². The third-order valence-electron chi connectivity index (χ3n) is 4.78. The Morgan fingerprint density at radius 1 is 1.36 bits per heavy atom. The lowest BCUT2D eigenvalue weighted by atomic mass is 9.89. The first kappa shape index (κ1) is 22.1. The van der Waals surface area contributed by atoms with E-state index in [1.807, 2.05) is 14.1 Å². The SMILES string of the molecule is CCNC(=NCC1(N(C)C)CCOCC1)N(C)Cc1ncnn1C.I. The summed E-state index contributed by atoms with van der Waals surface area (Å²) < 4.78 is 7.33. The minimum Gasteiger partial charge on any atom is -0.381 e. The molecular formula is C16H32IN7O. The van der Waals surface area contributed by atoms with Crippen LogP contribution >= 0.6 is 24.0 Å². The van der Waals surface area contributed by atoms with E-state index in [0.29, 0.717) is 6.54 Å². The number of halogens is 1. The summed E-state index contributed by atoms with van der Waals surface area (Å²) in [6.07, 6.45) is 3.60. The molecule has 1 aromatic rings. The maximum Gasteiger partial charge on any atom is 0.194 e. The molecule has 1 N–H and O–H groups in total. The molecule has 1 fully saturated rings. The van der Waals surface area contributed by atoms with Crippen LogP contribution in [0.15, 0.2) is 11.3 Å². The predicted molar refractivity (Wildman–Crippen MR) is 110 cm³/mol. The molecule has 1 aromatic heterocycles. The highest BCUT2D eigenvalue weighted by molar-refractivity contribution is 14.0. The number of aromatic nitrogens is 3. The third-order valence-corrected chi connectivity index (χ3v) is 4.78. The van der Waals surface area contributed by atoms with Crippen molar-refractivity contribution in [1.29, 1.82) is 0 Å². The first-order valence-electron chi connectivity index (χ1n) is 8.56. The van der Waals surface area contributed by atoms with Crippen LogP contribution in [0.2, 0.25) is 0 Å². The second-order valence-corrected chi connectivity index (χ2v) is 6.56. The molecule has 9 heteroatoms. The van der Waals surface area contributed by atoms with Crippen LogP contribution < -0.4 is 5.32 Å². The van der Waals surface area contributed by atoms with E-state index in [-0.39, 0.29) is 29.5 Å². The molecule has 2 rings (SSSR count). The van der Waals surface area contributed by atoms with Gasteiger partial charge in [-0.1, -0.05) is 0 Å². The Hall–Kier alpha value is -0.940.